The van der Waals surface area contributed by atoms with Crippen molar-refractivity contribution in [3.05, 3.63) is 70.8 Å². The SMILES string of the molecule is Cc1ccc(CC(=O)Cc2ccccc2CN)cc1. The fraction of sp³-hybridized carbons (Fsp3) is 0.235. The molecule has 2 nitrogen and oxygen atoms in total. The molecule has 0 aliphatic rings. The first-order valence-electron chi connectivity index (χ1n) is 6.53. The van der Waals surface area contributed by atoms with Crippen molar-refractivity contribution >= 4 is 5.78 Å². The molecule has 0 bridgehead atoms. The third-order valence-corrected chi connectivity index (χ3v) is 3.25. The van der Waals surface area contributed by atoms with Gasteiger partial charge in [0.1, 0.15) is 5.78 Å². The summed E-state index contributed by atoms with van der Waals surface area (Å²) >= 11 is 0. The van der Waals surface area contributed by atoms with Crippen molar-refractivity contribution in [2.24, 2.45) is 5.73 Å². The Hall–Kier alpha value is -1.93. The molecule has 2 rings (SSSR count). The Morgan fingerprint density at radius 1 is 0.947 bits per heavy atom. The van der Waals surface area contributed by atoms with Crippen molar-refractivity contribution in [3.63, 3.8) is 0 Å². The normalized spacial score (nSPS) is 10.4. The molecule has 2 aromatic rings. The van der Waals surface area contributed by atoms with Crippen LogP contribution in [0.3, 0.4) is 0 Å². The molecule has 2 heteroatoms. The van der Waals surface area contributed by atoms with Crippen LogP contribution in [0.5, 0.6) is 0 Å². The van der Waals surface area contributed by atoms with Gasteiger partial charge < -0.3 is 5.73 Å². The molecular weight excluding hydrogens is 234 g/mol. The second-order valence-electron chi connectivity index (χ2n) is 4.85. The summed E-state index contributed by atoms with van der Waals surface area (Å²) in [4.78, 5) is 12.1. The zero-order chi connectivity index (χ0) is 13.7. The van der Waals surface area contributed by atoms with Crippen LogP contribution in [0.1, 0.15) is 22.3 Å². The lowest BCUT2D eigenvalue weighted by Crippen LogP contribution is -2.10. The highest BCUT2D eigenvalue weighted by molar-refractivity contribution is 5.83. The molecule has 0 fully saturated rings. The minimum atomic E-state index is 0.227. The maximum Gasteiger partial charge on any atom is 0.141 e. The van der Waals surface area contributed by atoms with Crippen molar-refractivity contribution in [2.75, 3.05) is 0 Å². The van der Waals surface area contributed by atoms with Gasteiger partial charge in [-0.25, -0.2) is 0 Å². The van der Waals surface area contributed by atoms with E-state index in [2.05, 4.69) is 0 Å². The molecule has 0 atom stereocenters. The van der Waals surface area contributed by atoms with Crippen molar-refractivity contribution in [2.45, 2.75) is 26.3 Å². The van der Waals surface area contributed by atoms with Crippen molar-refractivity contribution in [1.29, 1.82) is 0 Å². The Bertz CT molecular complexity index is 558. The Morgan fingerprint density at radius 2 is 1.58 bits per heavy atom. The van der Waals surface area contributed by atoms with E-state index in [4.69, 9.17) is 5.73 Å². The van der Waals surface area contributed by atoms with Crippen LogP contribution < -0.4 is 5.73 Å². The molecule has 0 spiro atoms. The number of hydrogen-bond donors (Lipinski definition) is 1. The lowest BCUT2D eigenvalue weighted by Gasteiger charge is -2.07. The molecule has 19 heavy (non-hydrogen) atoms. The van der Waals surface area contributed by atoms with Crippen LogP contribution in [0.4, 0.5) is 0 Å². The number of carbonyl (C=O) groups excluding carboxylic acids is 1. The van der Waals surface area contributed by atoms with Gasteiger partial charge >= 0.3 is 0 Å². The number of hydrogen-bond acceptors (Lipinski definition) is 2. The van der Waals surface area contributed by atoms with Crippen LogP contribution in [-0.4, -0.2) is 5.78 Å². The van der Waals surface area contributed by atoms with Crippen LogP contribution in [-0.2, 0) is 24.2 Å². The smallest absolute Gasteiger partial charge is 0.141 e. The van der Waals surface area contributed by atoms with E-state index in [9.17, 15) is 4.79 Å². The highest BCUT2D eigenvalue weighted by Gasteiger charge is 2.08. The first-order valence-corrected chi connectivity index (χ1v) is 6.53. The van der Waals surface area contributed by atoms with Crippen molar-refractivity contribution in [3.8, 4) is 0 Å². The van der Waals surface area contributed by atoms with Crippen LogP contribution in [0.2, 0.25) is 0 Å². The van der Waals surface area contributed by atoms with Gasteiger partial charge in [-0.1, -0.05) is 54.1 Å². The summed E-state index contributed by atoms with van der Waals surface area (Å²) in [6, 6.07) is 16.0. The Morgan fingerprint density at radius 3 is 2.21 bits per heavy atom. The average Bonchev–Trinajstić information content (AvgIpc) is 2.42. The molecule has 0 amide bonds. The average molecular weight is 253 g/mol. The lowest BCUT2D eigenvalue weighted by atomic mass is 9.98. The van der Waals surface area contributed by atoms with Gasteiger partial charge in [-0.15, -0.1) is 0 Å². The molecule has 0 heterocycles. The lowest BCUT2D eigenvalue weighted by molar-refractivity contribution is -0.117. The van der Waals surface area contributed by atoms with Gasteiger partial charge in [0.05, 0.1) is 0 Å². The summed E-state index contributed by atoms with van der Waals surface area (Å²) in [6.45, 7) is 2.52. The fourth-order valence-corrected chi connectivity index (χ4v) is 2.14. The first-order chi connectivity index (χ1) is 9.19. The summed E-state index contributed by atoms with van der Waals surface area (Å²) in [5.41, 5.74) is 10.1. The molecule has 0 aliphatic carbocycles. The van der Waals surface area contributed by atoms with Crippen LogP contribution in [0, 0.1) is 6.92 Å². The summed E-state index contributed by atoms with van der Waals surface area (Å²) in [6.07, 6.45) is 0.945. The summed E-state index contributed by atoms with van der Waals surface area (Å²) in [5, 5.41) is 0. The second-order valence-corrected chi connectivity index (χ2v) is 4.85. The second kappa shape index (κ2) is 6.30. The fourth-order valence-electron chi connectivity index (χ4n) is 2.14. The number of nitrogens with two attached hydrogens (primary N) is 1. The minimum absolute atomic E-state index is 0.227. The number of benzene rings is 2. The third kappa shape index (κ3) is 3.76. The van der Waals surface area contributed by atoms with Gasteiger partial charge in [0.2, 0.25) is 0 Å². The van der Waals surface area contributed by atoms with Crippen LogP contribution >= 0.6 is 0 Å². The summed E-state index contributed by atoms with van der Waals surface area (Å²) in [7, 11) is 0. The summed E-state index contributed by atoms with van der Waals surface area (Å²) in [5.74, 6) is 0.227. The van der Waals surface area contributed by atoms with Crippen LogP contribution in [0.15, 0.2) is 48.5 Å². The van der Waals surface area contributed by atoms with Gasteiger partial charge in [0, 0.05) is 19.4 Å². The summed E-state index contributed by atoms with van der Waals surface area (Å²) < 4.78 is 0. The zero-order valence-electron chi connectivity index (χ0n) is 11.2. The number of ketones is 1. The Balaban J connectivity index is 2.03. The Labute approximate surface area is 114 Å². The zero-order valence-corrected chi connectivity index (χ0v) is 11.2. The molecule has 2 N–H and O–H groups in total. The molecule has 0 aliphatic heterocycles. The predicted molar refractivity (Wildman–Crippen MR) is 77.9 cm³/mol. The van der Waals surface area contributed by atoms with E-state index in [-0.39, 0.29) is 5.78 Å². The first kappa shape index (κ1) is 13.5. The topological polar surface area (TPSA) is 43.1 Å². The molecule has 0 radical (unpaired) electrons. The van der Waals surface area contributed by atoms with E-state index in [1.807, 2.05) is 55.5 Å². The molecule has 0 saturated heterocycles. The van der Waals surface area contributed by atoms with Gasteiger partial charge in [-0.2, -0.15) is 0 Å². The van der Waals surface area contributed by atoms with Gasteiger partial charge in [0.25, 0.3) is 0 Å². The quantitative estimate of drug-likeness (QED) is 0.890. The minimum Gasteiger partial charge on any atom is -0.326 e. The van der Waals surface area contributed by atoms with E-state index in [0.29, 0.717) is 19.4 Å². The Kier molecular flexibility index (Phi) is 4.48. The predicted octanol–water partition coefficient (Wildman–Crippen LogP) is 2.81. The van der Waals surface area contributed by atoms with Gasteiger partial charge in [-0.05, 0) is 23.6 Å². The van der Waals surface area contributed by atoms with E-state index in [1.54, 1.807) is 0 Å². The number of carbonyl (C=O) groups is 1. The standard InChI is InChI=1S/C17H19NO/c1-13-6-8-14(9-7-13)10-17(19)11-15-4-2-3-5-16(15)12-18/h2-9H,10-12,18H2,1H3. The van der Waals surface area contributed by atoms with E-state index >= 15 is 0 Å². The van der Waals surface area contributed by atoms with E-state index in [0.717, 1.165) is 16.7 Å². The van der Waals surface area contributed by atoms with Gasteiger partial charge in [0.15, 0.2) is 0 Å². The number of rotatable bonds is 5. The largest absolute Gasteiger partial charge is 0.326 e. The molecule has 0 saturated carbocycles. The van der Waals surface area contributed by atoms with Gasteiger partial charge in [-0.3, -0.25) is 4.79 Å². The highest BCUT2D eigenvalue weighted by atomic mass is 16.1. The number of aryl methyl sites for hydroxylation is 1. The van der Waals surface area contributed by atoms with E-state index < -0.39 is 0 Å². The molecule has 0 aromatic heterocycles. The van der Waals surface area contributed by atoms with Crippen molar-refractivity contribution in [1.82, 2.24) is 0 Å². The third-order valence-electron chi connectivity index (χ3n) is 3.25. The van der Waals surface area contributed by atoms with Crippen molar-refractivity contribution < 1.29 is 4.79 Å². The molecule has 2 aromatic carbocycles. The maximum atomic E-state index is 12.1. The number of Topliss-reactive ketones (excluding diaryl/α,β-unsaturated/α-hetero) is 1. The maximum absolute atomic E-state index is 12.1. The monoisotopic (exact) mass is 253 g/mol. The highest BCUT2D eigenvalue weighted by Crippen LogP contribution is 2.11. The molecule has 98 valence electrons. The molecule has 0 unspecified atom stereocenters. The van der Waals surface area contributed by atoms with Crippen LogP contribution in [0.25, 0.3) is 0 Å². The van der Waals surface area contributed by atoms with E-state index in [1.165, 1.54) is 5.56 Å². The molecular formula is C17H19NO.